The van der Waals surface area contributed by atoms with Gasteiger partial charge in [-0.2, -0.15) is 0 Å². The first-order chi connectivity index (χ1) is 9.03. The van der Waals surface area contributed by atoms with Gasteiger partial charge in [0.05, 0.1) is 0 Å². The molecule has 0 aliphatic carbocycles. The summed E-state index contributed by atoms with van der Waals surface area (Å²) in [5.74, 6) is 0. The molecule has 1 saturated heterocycles. The largest absolute Gasteiger partial charge is 0.326 e. The van der Waals surface area contributed by atoms with Crippen molar-refractivity contribution in [3.05, 3.63) is 35.9 Å². The second kappa shape index (κ2) is 6.51. The Kier molecular flexibility index (Phi) is 4.97. The summed E-state index contributed by atoms with van der Waals surface area (Å²) in [4.78, 5) is 5.08. The number of nitrogens with two attached hydrogens (primary N) is 1. The van der Waals surface area contributed by atoms with Gasteiger partial charge in [0.1, 0.15) is 0 Å². The summed E-state index contributed by atoms with van der Waals surface area (Å²) in [7, 11) is 0. The van der Waals surface area contributed by atoms with Crippen LogP contribution in [0.1, 0.15) is 25.8 Å². The van der Waals surface area contributed by atoms with Crippen LogP contribution in [0.5, 0.6) is 0 Å². The van der Waals surface area contributed by atoms with Gasteiger partial charge < -0.3 is 10.6 Å². The van der Waals surface area contributed by atoms with E-state index in [1.54, 1.807) is 0 Å². The number of nitrogens with zero attached hydrogens (tertiary/aromatic N) is 2. The SMILES string of the molecule is CC(C)(N)CCN1CCN(Cc2ccccc2)CC1. The highest BCUT2D eigenvalue weighted by molar-refractivity contribution is 5.14. The first-order valence-corrected chi connectivity index (χ1v) is 7.30. The molecule has 0 bridgehead atoms. The van der Waals surface area contributed by atoms with Gasteiger partial charge in [0, 0.05) is 38.3 Å². The molecule has 0 unspecified atom stereocenters. The van der Waals surface area contributed by atoms with E-state index in [9.17, 15) is 0 Å². The summed E-state index contributed by atoms with van der Waals surface area (Å²) in [5, 5.41) is 0. The third-order valence-electron chi connectivity index (χ3n) is 3.79. The average molecular weight is 261 g/mol. The maximum atomic E-state index is 6.05. The molecule has 1 aliphatic heterocycles. The maximum absolute atomic E-state index is 6.05. The van der Waals surface area contributed by atoms with E-state index in [4.69, 9.17) is 5.73 Å². The number of rotatable bonds is 5. The topological polar surface area (TPSA) is 32.5 Å². The summed E-state index contributed by atoms with van der Waals surface area (Å²) in [6.07, 6.45) is 1.08. The molecule has 1 aliphatic rings. The van der Waals surface area contributed by atoms with Crippen molar-refractivity contribution in [1.82, 2.24) is 9.80 Å². The van der Waals surface area contributed by atoms with Crippen molar-refractivity contribution < 1.29 is 0 Å². The Bertz CT molecular complexity index is 361. The fraction of sp³-hybridized carbons (Fsp3) is 0.625. The number of benzene rings is 1. The Hall–Kier alpha value is -0.900. The van der Waals surface area contributed by atoms with Crippen molar-refractivity contribution in [2.45, 2.75) is 32.4 Å². The molecular weight excluding hydrogens is 234 g/mol. The third-order valence-corrected chi connectivity index (χ3v) is 3.79. The third kappa shape index (κ3) is 5.31. The molecule has 0 saturated carbocycles. The van der Waals surface area contributed by atoms with Crippen LogP contribution in [-0.4, -0.2) is 48.1 Å². The Balaban J connectivity index is 1.71. The number of hydrogen-bond donors (Lipinski definition) is 1. The fourth-order valence-corrected chi connectivity index (χ4v) is 2.46. The van der Waals surface area contributed by atoms with Crippen LogP contribution in [0.15, 0.2) is 30.3 Å². The van der Waals surface area contributed by atoms with E-state index in [0.29, 0.717) is 0 Å². The highest BCUT2D eigenvalue weighted by atomic mass is 15.3. The molecule has 3 heteroatoms. The van der Waals surface area contributed by atoms with E-state index in [1.165, 1.54) is 31.7 Å². The molecule has 1 heterocycles. The predicted octanol–water partition coefficient (Wildman–Crippen LogP) is 1.93. The minimum Gasteiger partial charge on any atom is -0.326 e. The summed E-state index contributed by atoms with van der Waals surface area (Å²) >= 11 is 0. The van der Waals surface area contributed by atoms with Crippen molar-refractivity contribution in [1.29, 1.82) is 0 Å². The molecule has 19 heavy (non-hydrogen) atoms. The molecule has 0 atom stereocenters. The van der Waals surface area contributed by atoms with Gasteiger partial charge in [-0.05, 0) is 32.4 Å². The van der Waals surface area contributed by atoms with Gasteiger partial charge in [-0.15, -0.1) is 0 Å². The first kappa shape index (κ1) is 14.5. The van der Waals surface area contributed by atoms with Crippen molar-refractivity contribution >= 4 is 0 Å². The Morgan fingerprint density at radius 1 is 1.00 bits per heavy atom. The molecule has 3 nitrogen and oxygen atoms in total. The normalized spacial score (nSPS) is 18.7. The second-order valence-electron chi connectivity index (χ2n) is 6.34. The lowest BCUT2D eigenvalue weighted by Crippen LogP contribution is -2.47. The van der Waals surface area contributed by atoms with Gasteiger partial charge in [-0.25, -0.2) is 0 Å². The Labute approximate surface area is 117 Å². The Morgan fingerprint density at radius 3 is 2.16 bits per heavy atom. The number of piperazine rings is 1. The maximum Gasteiger partial charge on any atom is 0.0234 e. The van der Waals surface area contributed by atoms with Gasteiger partial charge in [-0.3, -0.25) is 4.90 Å². The van der Waals surface area contributed by atoms with Gasteiger partial charge in [0.15, 0.2) is 0 Å². The zero-order valence-electron chi connectivity index (χ0n) is 12.3. The smallest absolute Gasteiger partial charge is 0.0234 e. The molecule has 0 aromatic heterocycles. The molecule has 0 radical (unpaired) electrons. The lowest BCUT2D eigenvalue weighted by Gasteiger charge is -2.35. The monoisotopic (exact) mass is 261 g/mol. The molecule has 1 aromatic rings. The van der Waals surface area contributed by atoms with Crippen molar-refractivity contribution in [3.63, 3.8) is 0 Å². The molecule has 106 valence electrons. The number of hydrogen-bond acceptors (Lipinski definition) is 3. The van der Waals surface area contributed by atoms with E-state index in [2.05, 4.69) is 54.0 Å². The first-order valence-electron chi connectivity index (χ1n) is 7.30. The van der Waals surface area contributed by atoms with Gasteiger partial charge in [0.2, 0.25) is 0 Å². The van der Waals surface area contributed by atoms with Crippen molar-refractivity contribution in [2.75, 3.05) is 32.7 Å². The van der Waals surface area contributed by atoms with Crippen LogP contribution >= 0.6 is 0 Å². The minimum absolute atomic E-state index is 0.0405. The van der Waals surface area contributed by atoms with Gasteiger partial charge >= 0.3 is 0 Å². The van der Waals surface area contributed by atoms with Crippen LogP contribution in [0.25, 0.3) is 0 Å². The molecule has 2 rings (SSSR count). The highest BCUT2D eigenvalue weighted by Gasteiger charge is 2.19. The van der Waals surface area contributed by atoms with Gasteiger partial charge in [0.25, 0.3) is 0 Å². The summed E-state index contributed by atoms with van der Waals surface area (Å²) in [5.41, 5.74) is 7.42. The highest BCUT2D eigenvalue weighted by Crippen LogP contribution is 2.10. The molecule has 1 aromatic carbocycles. The molecule has 0 amide bonds. The van der Waals surface area contributed by atoms with Crippen molar-refractivity contribution in [2.24, 2.45) is 5.73 Å². The van der Waals surface area contributed by atoms with Crippen LogP contribution in [0.2, 0.25) is 0 Å². The zero-order valence-corrected chi connectivity index (χ0v) is 12.3. The fourth-order valence-electron chi connectivity index (χ4n) is 2.46. The van der Waals surface area contributed by atoms with Crippen LogP contribution in [0.4, 0.5) is 0 Å². The lowest BCUT2D eigenvalue weighted by molar-refractivity contribution is 0.121. The summed E-state index contributed by atoms with van der Waals surface area (Å²) in [6.45, 7) is 11.1. The zero-order chi connectivity index (χ0) is 13.7. The second-order valence-corrected chi connectivity index (χ2v) is 6.34. The van der Waals surface area contributed by atoms with E-state index in [-0.39, 0.29) is 5.54 Å². The van der Waals surface area contributed by atoms with E-state index in [1.807, 2.05) is 0 Å². The quantitative estimate of drug-likeness (QED) is 0.879. The summed E-state index contributed by atoms with van der Waals surface area (Å²) in [6, 6.07) is 10.7. The van der Waals surface area contributed by atoms with Gasteiger partial charge in [-0.1, -0.05) is 30.3 Å². The minimum atomic E-state index is -0.0405. The van der Waals surface area contributed by atoms with Crippen LogP contribution < -0.4 is 5.73 Å². The van der Waals surface area contributed by atoms with Crippen LogP contribution in [-0.2, 0) is 6.54 Å². The molecular formula is C16H27N3. The molecule has 1 fully saturated rings. The standard InChI is InChI=1S/C16H27N3/c1-16(2,17)8-9-18-10-12-19(13-11-18)14-15-6-4-3-5-7-15/h3-7H,8-14,17H2,1-2H3. The van der Waals surface area contributed by atoms with E-state index < -0.39 is 0 Å². The summed E-state index contributed by atoms with van der Waals surface area (Å²) < 4.78 is 0. The predicted molar refractivity (Wildman–Crippen MR) is 81.0 cm³/mol. The lowest BCUT2D eigenvalue weighted by atomic mass is 10.0. The van der Waals surface area contributed by atoms with Crippen LogP contribution in [0, 0.1) is 0 Å². The Morgan fingerprint density at radius 2 is 1.58 bits per heavy atom. The van der Waals surface area contributed by atoms with Crippen molar-refractivity contribution in [3.8, 4) is 0 Å². The molecule has 0 spiro atoms. The van der Waals surface area contributed by atoms with Crippen LogP contribution in [0.3, 0.4) is 0 Å². The van der Waals surface area contributed by atoms with E-state index >= 15 is 0 Å². The molecule has 2 N–H and O–H groups in total. The average Bonchev–Trinajstić information content (AvgIpc) is 2.38. The van der Waals surface area contributed by atoms with E-state index in [0.717, 1.165) is 19.5 Å².